The molecule has 2 rings (SSSR count). The molecule has 0 aliphatic heterocycles. The molecule has 14 heavy (non-hydrogen) atoms. The van der Waals surface area contributed by atoms with Gasteiger partial charge in [-0.05, 0) is 39.4 Å². The van der Waals surface area contributed by atoms with E-state index in [1.807, 2.05) is 12.4 Å². The Hall–Kier alpha value is -0.410. The van der Waals surface area contributed by atoms with Crippen molar-refractivity contribution in [3.8, 4) is 0 Å². The van der Waals surface area contributed by atoms with Gasteiger partial charge in [-0.25, -0.2) is 0 Å². The third kappa shape index (κ3) is 1.30. The minimum atomic E-state index is 0.157. The van der Waals surface area contributed by atoms with Gasteiger partial charge in [0.2, 0.25) is 0 Å². The Balaban J connectivity index is 2.40. The number of nitrogens with two attached hydrogens (primary N) is 1. The molecule has 1 unspecified atom stereocenters. The molecular weight excluding hydrogens is 240 g/mol. The van der Waals surface area contributed by atoms with Crippen molar-refractivity contribution in [1.82, 2.24) is 4.98 Å². The number of pyridine rings is 1. The van der Waals surface area contributed by atoms with Crippen molar-refractivity contribution in [1.29, 1.82) is 0 Å². The molecule has 1 fully saturated rings. The average molecular weight is 255 g/mol. The van der Waals surface area contributed by atoms with Crippen LogP contribution in [0.15, 0.2) is 22.9 Å². The molecule has 0 bridgehead atoms. The summed E-state index contributed by atoms with van der Waals surface area (Å²) < 4.78 is 1.03. The molecule has 0 saturated heterocycles. The molecule has 2 N–H and O–H groups in total. The summed E-state index contributed by atoms with van der Waals surface area (Å²) in [7, 11) is 0. The maximum absolute atomic E-state index is 5.88. The zero-order chi connectivity index (χ0) is 10.4. The van der Waals surface area contributed by atoms with E-state index in [2.05, 4.69) is 40.8 Å². The second-order valence-corrected chi connectivity index (χ2v) is 5.65. The van der Waals surface area contributed by atoms with E-state index in [1.165, 1.54) is 5.56 Å². The van der Waals surface area contributed by atoms with E-state index in [1.54, 1.807) is 0 Å². The number of hydrogen-bond donors (Lipinski definition) is 1. The molecule has 1 aromatic heterocycles. The first-order chi connectivity index (χ1) is 6.52. The normalized spacial score (nSPS) is 28.9. The number of halogens is 1. The van der Waals surface area contributed by atoms with Gasteiger partial charge in [-0.3, -0.25) is 4.98 Å². The first kappa shape index (κ1) is 10.1. The molecule has 0 spiro atoms. The predicted molar refractivity (Wildman–Crippen MR) is 61.1 cm³/mol. The van der Waals surface area contributed by atoms with Crippen LogP contribution in [0.1, 0.15) is 25.8 Å². The fraction of sp³-hybridized carbons (Fsp3) is 0.545. The lowest BCUT2D eigenvalue weighted by molar-refractivity contribution is 0.501. The third-order valence-corrected chi connectivity index (χ3v) is 3.95. The Morgan fingerprint density at radius 2 is 2.14 bits per heavy atom. The molecule has 1 aromatic rings. The van der Waals surface area contributed by atoms with Gasteiger partial charge in [-0.15, -0.1) is 0 Å². The average Bonchev–Trinajstić information content (AvgIpc) is 2.70. The highest BCUT2D eigenvalue weighted by molar-refractivity contribution is 9.10. The highest BCUT2D eigenvalue weighted by Crippen LogP contribution is 2.63. The van der Waals surface area contributed by atoms with E-state index in [4.69, 9.17) is 5.73 Å². The summed E-state index contributed by atoms with van der Waals surface area (Å²) >= 11 is 3.45. The Labute approximate surface area is 93.0 Å². The summed E-state index contributed by atoms with van der Waals surface area (Å²) in [5.74, 6) is 0. The number of aromatic nitrogens is 1. The highest BCUT2D eigenvalue weighted by Gasteiger charge is 2.61. The summed E-state index contributed by atoms with van der Waals surface area (Å²) in [4.78, 5) is 4.20. The number of nitrogens with zero attached hydrogens (tertiary/aromatic N) is 1. The van der Waals surface area contributed by atoms with Crippen LogP contribution in [0.3, 0.4) is 0 Å². The quantitative estimate of drug-likeness (QED) is 0.881. The Bertz CT molecular complexity index is 362. The summed E-state index contributed by atoms with van der Waals surface area (Å²) in [5.41, 5.74) is 7.63. The van der Waals surface area contributed by atoms with Crippen LogP contribution in [0.25, 0.3) is 0 Å². The third-order valence-electron chi connectivity index (χ3n) is 3.52. The minimum Gasteiger partial charge on any atom is -0.330 e. The first-order valence-corrected chi connectivity index (χ1v) is 5.62. The minimum absolute atomic E-state index is 0.157. The fourth-order valence-electron chi connectivity index (χ4n) is 2.34. The van der Waals surface area contributed by atoms with E-state index >= 15 is 0 Å². The molecular formula is C11H15BrN2. The van der Waals surface area contributed by atoms with Crippen LogP contribution in [0.2, 0.25) is 0 Å². The molecule has 0 aromatic carbocycles. The van der Waals surface area contributed by atoms with Crippen molar-refractivity contribution in [2.24, 2.45) is 11.1 Å². The van der Waals surface area contributed by atoms with Crippen molar-refractivity contribution in [2.45, 2.75) is 25.7 Å². The molecule has 1 aliphatic rings. The van der Waals surface area contributed by atoms with Gasteiger partial charge in [-0.2, -0.15) is 0 Å². The zero-order valence-corrected chi connectivity index (χ0v) is 10.1. The van der Waals surface area contributed by atoms with Crippen LogP contribution < -0.4 is 5.73 Å². The summed E-state index contributed by atoms with van der Waals surface area (Å²) in [6.07, 6.45) is 4.91. The topological polar surface area (TPSA) is 38.9 Å². The summed E-state index contributed by atoms with van der Waals surface area (Å²) in [6.45, 7) is 5.24. The van der Waals surface area contributed by atoms with Crippen molar-refractivity contribution in [3.05, 3.63) is 28.5 Å². The Morgan fingerprint density at radius 1 is 1.50 bits per heavy atom. The maximum Gasteiger partial charge on any atom is 0.0410 e. The first-order valence-electron chi connectivity index (χ1n) is 4.83. The van der Waals surface area contributed by atoms with Gasteiger partial charge >= 0.3 is 0 Å². The lowest BCUT2D eigenvalue weighted by atomic mass is 9.89. The Morgan fingerprint density at radius 3 is 2.57 bits per heavy atom. The molecule has 0 amide bonds. The smallest absolute Gasteiger partial charge is 0.0410 e. The van der Waals surface area contributed by atoms with Gasteiger partial charge in [0.25, 0.3) is 0 Å². The molecule has 0 radical (unpaired) electrons. The van der Waals surface area contributed by atoms with E-state index in [9.17, 15) is 0 Å². The summed E-state index contributed by atoms with van der Waals surface area (Å²) in [6, 6.07) is 2.13. The molecule has 1 saturated carbocycles. The number of hydrogen-bond acceptors (Lipinski definition) is 2. The molecule has 2 nitrogen and oxygen atoms in total. The lowest BCUT2D eigenvalue weighted by Gasteiger charge is -2.18. The van der Waals surface area contributed by atoms with Gasteiger partial charge in [0.1, 0.15) is 0 Å². The lowest BCUT2D eigenvalue weighted by Crippen LogP contribution is -2.25. The number of rotatable bonds is 2. The van der Waals surface area contributed by atoms with E-state index in [0.29, 0.717) is 12.0 Å². The molecule has 1 aliphatic carbocycles. The Kier molecular flexibility index (Phi) is 2.20. The predicted octanol–water partition coefficient (Wildman–Crippen LogP) is 2.47. The van der Waals surface area contributed by atoms with Crippen molar-refractivity contribution in [3.63, 3.8) is 0 Å². The van der Waals surface area contributed by atoms with Gasteiger partial charge in [0, 0.05) is 28.8 Å². The van der Waals surface area contributed by atoms with Crippen LogP contribution in [0, 0.1) is 5.41 Å². The fourth-order valence-corrected chi connectivity index (χ4v) is 2.71. The highest BCUT2D eigenvalue weighted by atomic mass is 79.9. The van der Waals surface area contributed by atoms with Crippen LogP contribution in [0.4, 0.5) is 0 Å². The van der Waals surface area contributed by atoms with Crippen LogP contribution >= 0.6 is 15.9 Å². The molecule has 3 heteroatoms. The molecule has 76 valence electrons. The largest absolute Gasteiger partial charge is 0.330 e. The van der Waals surface area contributed by atoms with E-state index in [-0.39, 0.29) is 5.41 Å². The van der Waals surface area contributed by atoms with Crippen LogP contribution in [-0.4, -0.2) is 11.5 Å². The SMILES string of the molecule is CC1(C)CC1(CN)c1cncc(Br)c1. The van der Waals surface area contributed by atoms with Crippen LogP contribution in [0.5, 0.6) is 0 Å². The van der Waals surface area contributed by atoms with Gasteiger partial charge in [0.15, 0.2) is 0 Å². The summed E-state index contributed by atoms with van der Waals surface area (Å²) in [5, 5.41) is 0. The molecule has 1 atom stereocenters. The van der Waals surface area contributed by atoms with Crippen molar-refractivity contribution < 1.29 is 0 Å². The van der Waals surface area contributed by atoms with E-state index < -0.39 is 0 Å². The zero-order valence-electron chi connectivity index (χ0n) is 8.55. The second kappa shape index (κ2) is 3.04. The maximum atomic E-state index is 5.88. The van der Waals surface area contributed by atoms with Crippen molar-refractivity contribution in [2.75, 3.05) is 6.54 Å². The van der Waals surface area contributed by atoms with E-state index in [0.717, 1.165) is 10.9 Å². The standard InChI is InChI=1S/C11H15BrN2/c1-10(2)6-11(10,7-13)8-3-9(12)5-14-4-8/h3-5H,6-7,13H2,1-2H3. The van der Waals surface area contributed by atoms with Gasteiger partial charge in [0.05, 0.1) is 0 Å². The van der Waals surface area contributed by atoms with Gasteiger partial charge in [-0.1, -0.05) is 13.8 Å². The van der Waals surface area contributed by atoms with Gasteiger partial charge < -0.3 is 5.73 Å². The van der Waals surface area contributed by atoms with Crippen LogP contribution in [-0.2, 0) is 5.41 Å². The molecule has 1 heterocycles. The monoisotopic (exact) mass is 254 g/mol. The van der Waals surface area contributed by atoms with Crippen molar-refractivity contribution >= 4 is 15.9 Å². The second-order valence-electron chi connectivity index (χ2n) is 4.74.